The fraction of sp³-hybridized carbons (Fsp3) is 0.125. The number of hydrogen-bond acceptors (Lipinski definition) is 5. The van der Waals surface area contributed by atoms with E-state index in [4.69, 9.17) is 4.74 Å². The van der Waals surface area contributed by atoms with Crippen LogP contribution in [0.15, 0.2) is 127 Å². The minimum atomic E-state index is -3.94. The molecule has 2 N–H and O–H groups in total. The lowest BCUT2D eigenvalue weighted by Gasteiger charge is -2.31. The number of nitrogens with zero attached hydrogens (tertiary/aromatic N) is 1. The Kier molecular flexibility index (Phi) is 10.1. The maximum absolute atomic E-state index is 13.6. The quantitative estimate of drug-likeness (QED) is 0.213. The van der Waals surface area contributed by atoms with E-state index >= 15 is 0 Å². The van der Waals surface area contributed by atoms with Crippen LogP contribution in [0.1, 0.15) is 17.2 Å². The van der Waals surface area contributed by atoms with Gasteiger partial charge in [0.05, 0.1) is 4.90 Å². The van der Waals surface area contributed by atoms with Crippen molar-refractivity contribution in [2.24, 2.45) is 0 Å². The third-order valence-electron chi connectivity index (χ3n) is 6.20. The number of nitrogens with one attached hydrogen (secondary N) is 2. The van der Waals surface area contributed by atoms with E-state index in [1.165, 1.54) is 41.3 Å². The molecule has 0 saturated heterocycles. The monoisotopic (exact) mass is 587 g/mol. The number of carbonyl (C=O) groups excluding carboxylic acids is 2. The highest BCUT2D eigenvalue weighted by molar-refractivity contribution is 7.92. The maximum atomic E-state index is 13.6. The van der Waals surface area contributed by atoms with Gasteiger partial charge in [-0.2, -0.15) is 0 Å². The average molecular weight is 588 g/mol. The van der Waals surface area contributed by atoms with Gasteiger partial charge in [0, 0.05) is 18.8 Å². The number of halogens is 1. The largest absolute Gasteiger partial charge is 0.484 e. The summed E-state index contributed by atoms with van der Waals surface area (Å²) in [6.07, 6.45) is 1.56. The number of anilines is 1. The van der Waals surface area contributed by atoms with Gasteiger partial charge in [-0.15, -0.1) is 6.58 Å². The molecule has 0 saturated carbocycles. The smallest absolute Gasteiger partial charge is 0.261 e. The van der Waals surface area contributed by atoms with Crippen LogP contribution in [0.2, 0.25) is 0 Å². The van der Waals surface area contributed by atoms with E-state index in [1.807, 2.05) is 36.4 Å². The molecule has 216 valence electrons. The number of rotatable bonds is 13. The third-order valence-corrected chi connectivity index (χ3v) is 7.60. The fourth-order valence-electron chi connectivity index (χ4n) is 4.16. The normalized spacial score (nSPS) is 11.6. The minimum Gasteiger partial charge on any atom is -0.484 e. The van der Waals surface area contributed by atoms with Crippen LogP contribution in [0, 0.1) is 5.82 Å². The zero-order valence-corrected chi connectivity index (χ0v) is 23.5. The second-order valence-electron chi connectivity index (χ2n) is 9.23. The molecule has 0 aliphatic carbocycles. The highest BCUT2D eigenvalue weighted by Crippen LogP contribution is 2.25. The molecule has 42 heavy (non-hydrogen) atoms. The van der Waals surface area contributed by atoms with Crippen molar-refractivity contribution in [3.63, 3.8) is 0 Å². The van der Waals surface area contributed by atoms with Crippen molar-refractivity contribution < 1.29 is 27.1 Å². The van der Waals surface area contributed by atoms with Crippen LogP contribution in [0.5, 0.6) is 5.75 Å². The van der Waals surface area contributed by atoms with E-state index in [-0.39, 0.29) is 35.3 Å². The van der Waals surface area contributed by atoms with Crippen LogP contribution in [0.25, 0.3) is 0 Å². The zero-order chi connectivity index (χ0) is 30.0. The summed E-state index contributed by atoms with van der Waals surface area (Å²) in [7, 11) is -3.94. The fourth-order valence-corrected chi connectivity index (χ4v) is 5.21. The molecule has 0 heterocycles. The minimum absolute atomic E-state index is 0.0424. The Bertz CT molecular complexity index is 1600. The van der Waals surface area contributed by atoms with Crippen molar-refractivity contribution in [1.29, 1.82) is 0 Å². The van der Waals surface area contributed by atoms with Gasteiger partial charge in [0.2, 0.25) is 5.91 Å². The lowest BCUT2D eigenvalue weighted by atomic mass is 10.0. The van der Waals surface area contributed by atoms with Gasteiger partial charge in [0.15, 0.2) is 6.61 Å². The van der Waals surface area contributed by atoms with E-state index in [9.17, 15) is 22.4 Å². The van der Waals surface area contributed by atoms with Crippen LogP contribution in [-0.4, -0.2) is 38.3 Å². The molecule has 2 amide bonds. The molecule has 0 radical (unpaired) electrons. The molecule has 0 aliphatic heterocycles. The summed E-state index contributed by atoms with van der Waals surface area (Å²) in [6, 6.07) is 27.8. The molecule has 0 bridgehead atoms. The Labute approximate surface area is 244 Å². The van der Waals surface area contributed by atoms with E-state index < -0.39 is 34.4 Å². The molecule has 4 aromatic rings. The third kappa shape index (κ3) is 8.05. The summed E-state index contributed by atoms with van der Waals surface area (Å²) < 4.78 is 46.7. The number of ether oxygens (including phenoxy) is 1. The van der Waals surface area contributed by atoms with Crippen molar-refractivity contribution >= 4 is 27.5 Å². The van der Waals surface area contributed by atoms with Crippen LogP contribution >= 0.6 is 0 Å². The number of sulfonamides is 1. The van der Waals surface area contributed by atoms with Gasteiger partial charge in [-0.25, -0.2) is 12.8 Å². The van der Waals surface area contributed by atoms with Crippen molar-refractivity contribution in [1.82, 2.24) is 10.2 Å². The molecule has 0 aromatic heterocycles. The molecule has 8 nitrogen and oxygen atoms in total. The van der Waals surface area contributed by atoms with Gasteiger partial charge in [-0.3, -0.25) is 14.3 Å². The summed E-state index contributed by atoms with van der Waals surface area (Å²) in [5.41, 5.74) is 1.67. The van der Waals surface area contributed by atoms with Crippen molar-refractivity contribution in [3.05, 3.63) is 139 Å². The second kappa shape index (κ2) is 14.1. The predicted molar refractivity (Wildman–Crippen MR) is 159 cm³/mol. The number of benzene rings is 4. The Hall–Kier alpha value is -4.96. The first kappa shape index (κ1) is 30.0. The first-order chi connectivity index (χ1) is 20.3. The number of amides is 2. The summed E-state index contributed by atoms with van der Waals surface area (Å²) in [5, 5.41) is 2.79. The van der Waals surface area contributed by atoms with Crippen molar-refractivity contribution in [3.8, 4) is 5.75 Å². The van der Waals surface area contributed by atoms with Crippen LogP contribution in [0.3, 0.4) is 0 Å². The molecule has 0 spiro atoms. The Morgan fingerprint density at radius 3 is 2.12 bits per heavy atom. The van der Waals surface area contributed by atoms with Gasteiger partial charge in [0.1, 0.15) is 17.6 Å². The van der Waals surface area contributed by atoms with Gasteiger partial charge in [-0.05, 0) is 59.7 Å². The standard InChI is InChI=1S/C32H30FN3O5S/c1-2-21-34-32(38)31(25-11-7-4-8-12-25)36(22-24-9-5-3-6-10-24)30(37)23-41-28-17-19-29(20-18-28)42(39,40)35-27-15-13-26(33)14-16-27/h2-20,31,35H,1,21-23H2,(H,34,38)/t31-/m0/s1. The summed E-state index contributed by atoms with van der Waals surface area (Å²) in [6.45, 7) is 3.63. The first-order valence-corrected chi connectivity index (χ1v) is 14.5. The van der Waals surface area contributed by atoms with Crippen molar-refractivity contribution in [2.75, 3.05) is 17.9 Å². The van der Waals surface area contributed by atoms with Crippen molar-refractivity contribution in [2.45, 2.75) is 17.5 Å². The summed E-state index contributed by atoms with van der Waals surface area (Å²) >= 11 is 0. The molecule has 10 heteroatoms. The maximum Gasteiger partial charge on any atom is 0.261 e. The molecular weight excluding hydrogens is 557 g/mol. The molecule has 4 rings (SSSR count). The summed E-state index contributed by atoms with van der Waals surface area (Å²) in [4.78, 5) is 28.4. The molecule has 0 fully saturated rings. The second-order valence-corrected chi connectivity index (χ2v) is 10.9. The topological polar surface area (TPSA) is 105 Å². The van der Waals surface area contributed by atoms with Gasteiger partial charge in [0.25, 0.3) is 15.9 Å². The van der Waals surface area contributed by atoms with Gasteiger partial charge in [-0.1, -0.05) is 66.7 Å². The molecule has 1 atom stereocenters. The van der Waals surface area contributed by atoms with E-state index in [0.29, 0.717) is 5.56 Å². The lowest BCUT2D eigenvalue weighted by molar-refractivity contribution is -0.143. The molecule has 4 aromatic carbocycles. The Balaban J connectivity index is 1.52. The molecule has 0 aliphatic rings. The average Bonchev–Trinajstić information content (AvgIpc) is 3.01. The summed E-state index contributed by atoms with van der Waals surface area (Å²) in [5.74, 6) is -1.04. The highest BCUT2D eigenvalue weighted by Gasteiger charge is 2.31. The predicted octanol–water partition coefficient (Wildman–Crippen LogP) is 5.08. The van der Waals surface area contributed by atoms with E-state index in [2.05, 4.69) is 16.6 Å². The van der Waals surface area contributed by atoms with Gasteiger partial charge >= 0.3 is 0 Å². The van der Waals surface area contributed by atoms with Crippen LogP contribution in [0.4, 0.5) is 10.1 Å². The molecular formula is C32H30FN3O5S. The Morgan fingerprint density at radius 1 is 0.881 bits per heavy atom. The van der Waals surface area contributed by atoms with Crippen LogP contribution in [-0.2, 0) is 26.2 Å². The SMILES string of the molecule is C=CCNC(=O)[C@H](c1ccccc1)N(Cc1ccccc1)C(=O)COc1ccc(S(=O)(=O)Nc2ccc(F)cc2)cc1. The van der Waals surface area contributed by atoms with E-state index in [0.717, 1.165) is 17.7 Å². The number of carbonyl (C=O) groups is 2. The Morgan fingerprint density at radius 2 is 1.50 bits per heavy atom. The first-order valence-electron chi connectivity index (χ1n) is 13.0. The number of hydrogen-bond donors (Lipinski definition) is 2. The van der Waals surface area contributed by atoms with E-state index in [1.54, 1.807) is 30.3 Å². The molecule has 0 unspecified atom stereocenters. The zero-order valence-electron chi connectivity index (χ0n) is 22.7. The lowest BCUT2D eigenvalue weighted by Crippen LogP contribution is -2.45. The van der Waals surface area contributed by atoms with Crippen LogP contribution < -0.4 is 14.8 Å². The van der Waals surface area contributed by atoms with Gasteiger partial charge < -0.3 is 15.0 Å². The highest BCUT2D eigenvalue weighted by atomic mass is 32.2.